The summed E-state index contributed by atoms with van der Waals surface area (Å²) in [6.07, 6.45) is 20.0. The minimum Gasteiger partial charge on any atom is -0.453 e. The van der Waals surface area contributed by atoms with Crippen molar-refractivity contribution in [3.05, 3.63) is 94.6 Å². The fraction of sp³-hybridized carbons (Fsp3) is 0.567. The van der Waals surface area contributed by atoms with Gasteiger partial charge in [0, 0.05) is 12.1 Å². The highest BCUT2D eigenvalue weighted by Gasteiger charge is 2.50. The van der Waals surface area contributed by atoms with Gasteiger partial charge in [-0.2, -0.15) is 0 Å². The number of imidazole rings is 2. The number of carbonyl (C=O) groups is 4. The third-order valence-electron chi connectivity index (χ3n) is 17.5. The average Bonchev–Trinajstić information content (AvgIpc) is 4.05. The van der Waals surface area contributed by atoms with Crippen LogP contribution in [0.3, 0.4) is 0 Å². The summed E-state index contributed by atoms with van der Waals surface area (Å²) in [5.74, 6) is 2.52. The van der Waals surface area contributed by atoms with Gasteiger partial charge in [-0.3, -0.25) is 9.59 Å². The van der Waals surface area contributed by atoms with Crippen molar-refractivity contribution in [3.8, 4) is 0 Å². The van der Waals surface area contributed by atoms with E-state index in [2.05, 4.69) is 109 Å². The molecule has 6 atom stereocenters. The highest BCUT2D eigenvalue weighted by molar-refractivity contribution is 5.89. The molecule has 6 fully saturated rings. The number of allylic oxidation sites excluding steroid dienone is 8. The first kappa shape index (κ1) is 52.7. The van der Waals surface area contributed by atoms with E-state index in [-0.39, 0.29) is 59.7 Å². The Morgan fingerprint density at radius 3 is 1.70 bits per heavy atom. The maximum absolute atomic E-state index is 14.4. The molecule has 11 rings (SSSR count). The summed E-state index contributed by atoms with van der Waals surface area (Å²) in [7, 11) is 2.66. The van der Waals surface area contributed by atoms with Gasteiger partial charge < -0.3 is 39.9 Å². The third kappa shape index (κ3) is 10.7. The molecule has 3 aliphatic carbocycles. The smallest absolute Gasteiger partial charge is 0.407 e. The Kier molecular flexibility index (Phi) is 15.9. The first-order valence-electron chi connectivity index (χ1n) is 27.6. The highest BCUT2D eigenvalue weighted by Crippen LogP contribution is 2.49. The Bertz CT molecular complexity index is 2850. The number of piperidine rings is 4. The van der Waals surface area contributed by atoms with Crippen LogP contribution in [-0.4, -0.2) is 92.1 Å². The van der Waals surface area contributed by atoms with Crippen molar-refractivity contribution in [2.24, 2.45) is 35.5 Å². The van der Waals surface area contributed by atoms with Gasteiger partial charge in [0.15, 0.2) is 0 Å². The first-order chi connectivity index (χ1) is 35.6. The van der Waals surface area contributed by atoms with Crippen molar-refractivity contribution in [1.82, 2.24) is 40.4 Å². The number of H-pyrrole nitrogens is 2. The predicted molar refractivity (Wildman–Crippen MR) is 291 cm³/mol. The molecule has 14 nitrogen and oxygen atoms in total. The molecule has 4 aromatic rings. The Morgan fingerprint density at radius 2 is 1.20 bits per heavy atom. The molecule has 74 heavy (non-hydrogen) atoms. The molecule has 396 valence electrons. The molecular formula is C60H80N8O6. The lowest BCUT2D eigenvalue weighted by Crippen LogP contribution is -2.59. The molecule has 4 aliphatic heterocycles. The van der Waals surface area contributed by atoms with Crippen LogP contribution >= 0.6 is 0 Å². The second-order valence-corrected chi connectivity index (χ2v) is 22.9. The number of hydrogen-bond donors (Lipinski definition) is 4. The number of nitrogens with one attached hydrogen (secondary N) is 4. The predicted octanol–water partition coefficient (Wildman–Crippen LogP) is 12.3. The molecule has 4 amide bonds. The molecule has 0 unspecified atom stereocenters. The zero-order chi connectivity index (χ0) is 52.5. The average molecular weight is 1010 g/mol. The minimum atomic E-state index is -0.692. The van der Waals surface area contributed by atoms with E-state index in [1.54, 1.807) is 0 Å². The zero-order valence-electron chi connectivity index (χ0n) is 45.4. The van der Waals surface area contributed by atoms with Crippen LogP contribution in [0.1, 0.15) is 167 Å². The second-order valence-electron chi connectivity index (χ2n) is 22.9. The van der Waals surface area contributed by atoms with E-state index in [9.17, 15) is 19.2 Å². The molecule has 14 heteroatoms. The molecule has 4 saturated heterocycles. The number of aromatic amines is 2. The lowest BCUT2D eigenvalue weighted by Gasteiger charge is -2.51. The molecule has 2 aromatic heterocycles. The van der Waals surface area contributed by atoms with Gasteiger partial charge in [0.2, 0.25) is 11.8 Å². The van der Waals surface area contributed by atoms with Crippen LogP contribution in [0, 0.1) is 35.5 Å². The molecule has 0 spiro atoms. The topological polar surface area (TPSA) is 175 Å². The molecule has 4 N–H and O–H groups in total. The SMILES string of the molecule is C/C=C1\C=C(\c2ccc3[nH]c([C@@H]4C5CCC(CC5)N4C(=O)[C@@H](NC(=O)OC)C(C)C)nc3c2)[C@H](C)CC[C@@H](C)/C=C\C(=C(/C)c2ccc3[nH]c([C@@H]4C5CCC(CC5)N4C(=O)[C@@H](NC(=O)OC)C(C)C)nc3c2)CC1. The van der Waals surface area contributed by atoms with Crippen LogP contribution in [0.15, 0.2) is 71.8 Å². The van der Waals surface area contributed by atoms with Crippen LogP contribution in [0.25, 0.3) is 33.2 Å². The van der Waals surface area contributed by atoms with Gasteiger partial charge in [0.25, 0.3) is 0 Å². The molecular weight excluding hydrogens is 929 g/mol. The van der Waals surface area contributed by atoms with E-state index >= 15 is 0 Å². The van der Waals surface area contributed by atoms with Crippen molar-refractivity contribution in [2.45, 2.75) is 169 Å². The number of methoxy groups -OCH3 is 2. The number of rotatable bonds is 10. The number of aromatic nitrogens is 4. The summed E-state index contributed by atoms with van der Waals surface area (Å²) in [4.78, 5) is 75.5. The lowest BCUT2D eigenvalue weighted by atomic mass is 9.73. The van der Waals surface area contributed by atoms with E-state index in [0.29, 0.717) is 11.8 Å². The quantitative estimate of drug-likeness (QED) is 0.121. The van der Waals surface area contributed by atoms with Crippen LogP contribution in [0.2, 0.25) is 0 Å². The van der Waals surface area contributed by atoms with E-state index in [1.165, 1.54) is 36.5 Å². The van der Waals surface area contributed by atoms with Gasteiger partial charge in [-0.1, -0.05) is 83.6 Å². The Labute approximate surface area is 437 Å². The van der Waals surface area contributed by atoms with Crippen molar-refractivity contribution in [1.29, 1.82) is 0 Å². The van der Waals surface area contributed by atoms with E-state index in [1.807, 2.05) is 37.5 Å². The number of benzene rings is 2. The molecule has 7 aliphatic rings. The monoisotopic (exact) mass is 1010 g/mol. The second kappa shape index (κ2) is 22.3. The Hall–Kier alpha value is -6.18. The van der Waals surface area contributed by atoms with Crippen molar-refractivity contribution in [3.63, 3.8) is 0 Å². The van der Waals surface area contributed by atoms with Crippen LogP contribution in [0.5, 0.6) is 0 Å². The van der Waals surface area contributed by atoms with Crippen molar-refractivity contribution in [2.75, 3.05) is 14.2 Å². The Balaban J connectivity index is 0.976. The van der Waals surface area contributed by atoms with Crippen LogP contribution in [-0.2, 0) is 19.1 Å². The number of ether oxygens (including phenoxy) is 2. The fourth-order valence-electron chi connectivity index (χ4n) is 13.0. The van der Waals surface area contributed by atoms with Gasteiger partial charge in [0.05, 0.1) is 48.4 Å². The molecule has 2 saturated carbocycles. The normalized spacial score (nSPS) is 28.6. The third-order valence-corrected chi connectivity index (χ3v) is 17.5. The highest BCUT2D eigenvalue weighted by atomic mass is 16.5. The van der Waals surface area contributed by atoms with E-state index < -0.39 is 24.3 Å². The number of carbonyl (C=O) groups excluding carboxylic acids is 4. The summed E-state index contributed by atoms with van der Waals surface area (Å²) in [6, 6.07) is 11.6. The Morgan fingerprint density at radius 1 is 0.689 bits per heavy atom. The van der Waals surface area contributed by atoms with Gasteiger partial charge in [-0.15, -0.1) is 0 Å². The van der Waals surface area contributed by atoms with Gasteiger partial charge in [-0.25, -0.2) is 19.6 Å². The summed E-state index contributed by atoms with van der Waals surface area (Å²) >= 11 is 0. The number of alkyl carbamates (subject to hydrolysis) is 2. The summed E-state index contributed by atoms with van der Waals surface area (Å²) in [5.41, 5.74) is 11.1. The minimum absolute atomic E-state index is 0.0700. The maximum Gasteiger partial charge on any atom is 0.407 e. The largest absolute Gasteiger partial charge is 0.453 e. The standard InChI is InChI=1S/C60H80N8O6/c1-11-38-15-17-39(37(8)42-22-28-47-49(31-42)63-55(61-47)53-40-18-24-44(25-19-40)67(53)57(69)51(33(2)3)65-59(71)73-9)16-13-35(6)12-14-36(7)46(30-38)43-23-29-48-50(32-43)64-56(62-48)54-41-20-26-45(27-21-41)68(54)58(70)52(34(4)5)66-60(72)74-10/h11,13,16,22-23,28-36,40-41,44-45,51-54H,12,14-15,17-21,24-27H2,1-10H3,(H,61,63)(H,62,64)(H,65,71)(H,66,72)/b16-13-,38-11-,39-37-,46-30+/t35-,36-,40?,41?,44?,45?,51+,52+,53+,54+/m1/s1. The molecule has 2 aromatic carbocycles. The van der Waals surface area contributed by atoms with Crippen molar-refractivity contribution < 1.29 is 28.7 Å². The number of amides is 4. The number of hydrogen-bond acceptors (Lipinski definition) is 8. The molecule has 6 heterocycles. The summed E-state index contributed by atoms with van der Waals surface area (Å²) < 4.78 is 9.84. The van der Waals surface area contributed by atoms with Crippen LogP contribution < -0.4 is 10.6 Å². The van der Waals surface area contributed by atoms with E-state index in [0.717, 1.165) is 122 Å². The molecule has 4 bridgehead atoms. The van der Waals surface area contributed by atoms with E-state index in [4.69, 9.17) is 19.4 Å². The molecule has 0 radical (unpaired) electrons. The number of nitrogens with zero attached hydrogens (tertiary/aromatic N) is 4. The van der Waals surface area contributed by atoms with Gasteiger partial charge in [-0.05, 0) is 179 Å². The first-order valence-corrected chi connectivity index (χ1v) is 27.6. The van der Waals surface area contributed by atoms with Gasteiger partial charge in [0.1, 0.15) is 23.7 Å². The number of fused-ring (bicyclic) bond motifs is 8. The summed E-state index contributed by atoms with van der Waals surface area (Å²) in [5, 5.41) is 5.66. The zero-order valence-corrected chi connectivity index (χ0v) is 45.4. The lowest BCUT2D eigenvalue weighted by molar-refractivity contribution is -0.149. The summed E-state index contributed by atoms with van der Waals surface area (Å²) in [6.45, 7) is 16.9. The fourth-order valence-corrected chi connectivity index (χ4v) is 13.0. The maximum atomic E-state index is 14.4. The van der Waals surface area contributed by atoms with Gasteiger partial charge >= 0.3 is 12.2 Å². The van der Waals surface area contributed by atoms with Crippen molar-refractivity contribution >= 4 is 57.2 Å². The van der Waals surface area contributed by atoms with Crippen LogP contribution in [0.4, 0.5) is 9.59 Å².